The number of aromatic nitrogens is 3. The molecule has 0 spiro atoms. The van der Waals surface area contributed by atoms with E-state index in [1.165, 1.54) is 12.3 Å². The predicted molar refractivity (Wildman–Crippen MR) is 111 cm³/mol. The Balaban J connectivity index is 1.54. The number of anilines is 3. The molecule has 30 heavy (non-hydrogen) atoms. The van der Waals surface area contributed by atoms with E-state index in [1.54, 1.807) is 6.07 Å². The summed E-state index contributed by atoms with van der Waals surface area (Å²) in [6, 6.07) is 5.03. The van der Waals surface area contributed by atoms with Crippen LogP contribution in [-0.2, 0) is 14.8 Å². The number of amides is 1. The van der Waals surface area contributed by atoms with Crippen LogP contribution < -0.4 is 15.4 Å². The third-order valence-electron chi connectivity index (χ3n) is 4.57. The highest BCUT2D eigenvalue weighted by Gasteiger charge is 2.30. The number of aromatic amines is 1. The molecule has 0 saturated heterocycles. The highest BCUT2D eigenvalue weighted by molar-refractivity contribution is 7.92. The zero-order valence-electron chi connectivity index (χ0n) is 16.8. The van der Waals surface area contributed by atoms with Crippen LogP contribution in [0.3, 0.4) is 0 Å². The summed E-state index contributed by atoms with van der Waals surface area (Å²) < 4.78 is 30.4. The Morgan fingerprint density at radius 2 is 2.13 bits per heavy atom. The van der Waals surface area contributed by atoms with E-state index < -0.39 is 22.1 Å². The van der Waals surface area contributed by atoms with Gasteiger partial charge in [-0.2, -0.15) is 5.10 Å². The van der Waals surface area contributed by atoms with E-state index in [2.05, 4.69) is 30.5 Å². The van der Waals surface area contributed by atoms with Crippen molar-refractivity contribution in [3.05, 3.63) is 30.1 Å². The first-order valence-electron chi connectivity index (χ1n) is 9.61. The number of sulfonamides is 1. The Labute approximate surface area is 174 Å². The molecule has 11 nitrogen and oxygen atoms in total. The summed E-state index contributed by atoms with van der Waals surface area (Å²) in [6.45, 7) is 3.77. The molecule has 12 heteroatoms. The number of carbonyl (C=O) groups is 1. The van der Waals surface area contributed by atoms with Crippen molar-refractivity contribution < 1.29 is 23.1 Å². The first-order chi connectivity index (χ1) is 14.2. The van der Waals surface area contributed by atoms with Gasteiger partial charge in [-0.05, 0) is 45.2 Å². The molecule has 2 aromatic heterocycles. The molecule has 2 unspecified atom stereocenters. The lowest BCUT2D eigenvalue weighted by atomic mass is 10.0. The molecule has 2 heterocycles. The Kier molecular flexibility index (Phi) is 6.77. The number of pyridine rings is 1. The minimum Gasteiger partial charge on any atom is -0.446 e. The van der Waals surface area contributed by atoms with Gasteiger partial charge in [0.15, 0.2) is 11.8 Å². The van der Waals surface area contributed by atoms with Gasteiger partial charge in [0.25, 0.3) is 10.0 Å². The molecule has 0 radical (unpaired) electrons. The summed E-state index contributed by atoms with van der Waals surface area (Å²) in [5.41, 5.74) is 1.19. The van der Waals surface area contributed by atoms with E-state index in [0.717, 1.165) is 25.0 Å². The monoisotopic (exact) mass is 438 g/mol. The molecule has 0 bridgehead atoms. The number of H-pyrrole nitrogens is 1. The Morgan fingerprint density at radius 1 is 1.33 bits per heavy atom. The number of rotatable bonds is 8. The second-order valence-corrected chi connectivity index (χ2v) is 9.14. The van der Waals surface area contributed by atoms with Crippen LogP contribution in [0.15, 0.2) is 24.4 Å². The number of ether oxygens (including phenoxy) is 1. The Bertz CT molecular complexity index is 960. The van der Waals surface area contributed by atoms with Crippen LogP contribution in [0.2, 0.25) is 0 Å². The number of carbonyl (C=O) groups excluding carboxylic acids is 1. The van der Waals surface area contributed by atoms with Gasteiger partial charge in [0, 0.05) is 23.7 Å². The molecule has 2 atom stereocenters. The maximum atomic E-state index is 11.8. The average molecular weight is 439 g/mol. The van der Waals surface area contributed by atoms with Crippen molar-refractivity contribution >= 4 is 33.4 Å². The molecular formula is C18H26N6O5S. The van der Waals surface area contributed by atoms with E-state index in [4.69, 9.17) is 9.84 Å². The van der Waals surface area contributed by atoms with Gasteiger partial charge in [-0.1, -0.05) is 0 Å². The number of aliphatic hydroxyl groups excluding tert-OH is 1. The van der Waals surface area contributed by atoms with Gasteiger partial charge < -0.3 is 20.5 Å². The van der Waals surface area contributed by atoms with Gasteiger partial charge in [-0.25, -0.2) is 18.2 Å². The lowest BCUT2D eigenvalue weighted by Crippen LogP contribution is -2.33. The average Bonchev–Trinajstić information content (AvgIpc) is 3.32. The van der Waals surface area contributed by atoms with E-state index in [1.807, 2.05) is 19.9 Å². The summed E-state index contributed by atoms with van der Waals surface area (Å²) in [5, 5.41) is 21.8. The molecule has 164 valence electrons. The van der Waals surface area contributed by atoms with Gasteiger partial charge in [0.1, 0.15) is 11.9 Å². The number of nitrogens with zero attached hydrogens (tertiary/aromatic N) is 2. The van der Waals surface area contributed by atoms with E-state index in [-0.39, 0.29) is 23.8 Å². The smallest absolute Gasteiger partial charge is 0.407 e. The number of hydrogen-bond donors (Lipinski definition) is 5. The summed E-state index contributed by atoms with van der Waals surface area (Å²) in [4.78, 5) is 15.9. The molecule has 1 aliphatic rings. The molecule has 5 N–H and O–H groups in total. The van der Waals surface area contributed by atoms with Crippen molar-refractivity contribution in [2.24, 2.45) is 0 Å². The Morgan fingerprint density at radius 3 is 2.80 bits per heavy atom. The molecule has 1 aliphatic carbocycles. The van der Waals surface area contributed by atoms with Gasteiger partial charge in [-0.3, -0.25) is 9.82 Å². The standard InChI is InChI=1S/C18H26N6O5S/c1-11(2)20-18(26)29-14-5-3-12(7-14)15-8-17(23-22-15)21-16-6-4-13(9-19-16)24-30(27,28)10-25/h4,6,8-9,11-12,14,24-25H,3,5,7,10H2,1-2H3,(H,20,26)(H2,19,21,22,23). The molecule has 1 amide bonds. The quantitative estimate of drug-likeness (QED) is 0.419. The lowest BCUT2D eigenvalue weighted by molar-refractivity contribution is 0.0981. The fraction of sp³-hybridized carbons (Fsp3) is 0.500. The molecular weight excluding hydrogens is 412 g/mol. The second kappa shape index (κ2) is 9.30. The fourth-order valence-corrected chi connectivity index (χ4v) is 3.78. The fourth-order valence-electron chi connectivity index (χ4n) is 3.23. The van der Waals surface area contributed by atoms with Crippen molar-refractivity contribution in [3.8, 4) is 0 Å². The van der Waals surface area contributed by atoms with Crippen molar-refractivity contribution in [3.63, 3.8) is 0 Å². The Hall–Kier alpha value is -2.86. The number of alkyl carbamates (subject to hydrolysis) is 1. The third kappa shape index (κ3) is 6.07. The molecule has 0 aliphatic heterocycles. The number of hydrogen-bond acceptors (Lipinski definition) is 8. The molecule has 3 rings (SSSR count). The molecule has 2 aromatic rings. The van der Waals surface area contributed by atoms with Crippen LogP contribution in [0.4, 0.5) is 22.1 Å². The highest BCUT2D eigenvalue weighted by Crippen LogP contribution is 2.36. The number of nitrogens with one attached hydrogen (secondary N) is 4. The second-order valence-electron chi connectivity index (χ2n) is 7.45. The third-order valence-corrected chi connectivity index (χ3v) is 5.45. The van der Waals surface area contributed by atoms with Crippen LogP contribution in [0, 0.1) is 0 Å². The van der Waals surface area contributed by atoms with Crippen LogP contribution in [-0.4, -0.2) is 52.9 Å². The normalized spacial score (nSPS) is 18.9. The van der Waals surface area contributed by atoms with Crippen LogP contribution in [0.5, 0.6) is 0 Å². The topological polar surface area (TPSA) is 158 Å². The summed E-state index contributed by atoms with van der Waals surface area (Å²) in [6.07, 6.45) is 3.24. The zero-order chi connectivity index (χ0) is 21.7. The maximum absolute atomic E-state index is 11.8. The highest BCUT2D eigenvalue weighted by atomic mass is 32.2. The van der Waals surface area contributed by atoms with Gasteiger partial charge in [0.05, 0.1) is 11.9 Å². The number of aliphatic hydroxyl groups is 1. The van der Waals surface area contributed by atoms with Crippen molar-refractivity contribution in [2.75, 3.05) is 16.0 Å². The minimum atomic E-state index is -3.78. The largest absolute Gasteiger partial charge is 0.446 e. The first kappa shape index (κ1) is 21.8. The van der Waals surface area contributed by atoms with Crippen molar-refractivity contribution in [2.45, 2.75) is 51.2 Å². The van der Waals surface area contributed by atoms with E-state index in [9.17, 15) is 13.2 Å². The van der Waals surface area contributed by atoms with Crippen LogP contribution in [0.1, 0.15) is 44.7 Å². The summed E-state index contributed by atoms with van der Waals surface area (Å²) in [7, 11) is -3.78. The maximum Gasteiger partial charge on any atom is 0.407 e. The van der Waals surface area contributed by atoms with Crippen molar-refractivity contribution in [1.29, 1.82) is 0 Å². The van der Waals surface area contributed by atoms with Crippen molar-refractivity contribution in [1.82, 2.24) is 20.5 Å². The first-order valence-corrected chi connectivity index (χ1v) is 11.3. The molecule has 0 aromatic carbocycles. The van der Waals surface area contributed by atoms with Crippen LogP contribution >= 0.6 is 0 Å². The predicted octanol–water partition coefficient (Wildman–Crippen LogP) is 2.01. The van der Waals surface area contributed by atoms with Crippen LogP contribution in [0.25, 0.3) is 0 Å². The van der Waals surface area contributed by atoms with Gasteiger partial charge >= 0.3 is 6.09 Å². The van der Waals surface area contributed by atoms with Gasteiger partial charge in [0.2, 0.25) is 0 Å². The molecule has 1 saturated carbocycles. The summed E-state index contributed by atoms with van der Waals surface area (Å²) in [5.74, 6) is 0.271. The van der Waals surface area contributed by atoms with Gasteiger partial charge in [-0.15, -0.1) is 0 Å². The SMILES string of the molecule is CC(C)NC(=O)OC1CCC(c2cc(Nc3ccc(NS(=O)(=O)CO)cn3)n[nH]2)C1. The molecule has 1 fully saturated rings. The van der Waals surface area contributed by atoms with E-state index in [0.29, 0.717) is 11.6 Å². The minimum absolute atomic E-state index is 0.0356. The lowest BCUT2D eigenvalue weighted by Gasteiger charge is -2.14. The summed E-state index contributed by atoms with van der Waals surface area (Å²) >= 11 is 0. The van der Waals surface area contributed by atoms with E-state index >= 15 is 0 Å². The zero-order valence-corrected chi connectivity index (χ0v) is 17.6.